The van der Waals surface area contributed by atoms with Crippen molar-refractivity contribution in [3.63, 3.8) is 0 Å². The molecule has 1 aliphatic carbocycles. The van der Waals surface area contributed by atoms with Crippen molar-refractivity contribution in [3.05, 3.63) is 52.1 Å². The van der Waals surface area contributed by atoms with Crippen molar-refractivity contribution in [3.8, 4) is 0 Å². The van der Waals surface area contributed by atoms with Gasteiger partial charge in [0.05, 0.1) is 5.52 Å². The summed E-state index contributed by atoms with van der Waals surface area (Å²) in [6.07, 6.45) is 8.77. The summed E-state index contributed by atoms with van der Waals surface area (Å²) in [5, 5.41) is 1.05. The van der Waals surface area contributed by atoms with E-state index >= 15 is 0 Å². The minimum absolute atomic E-state index is 0.0783. The SMILES string of the molecule is O=C(/C1=C/CCCCCC1)c1nc2ccccc2cc1Br. The molecule has 0 radical (unpaired) electrons. The summed E-state index contributed by atoms with van der Waals surface area (Å²) in [6.45, 7) is 0. The summed E-state index contributed by atoms with van der Waals surface area (Å²) >= 11 is 3.51. The number of Topliss-reactive ketones (excluding diaryl/α,β-unsaturated/α-hetero) is 1. The van der Waals surface area contributed by atoms with Crippen molar-refractivity contribution in [1.82, 2.24) is 4.98 Å². The number of halogens is 1. The lowest BCUT2D eigenvalue weighted by Crippen LogP contribution is -2.08. The molecule has 3 heteroatoms. The lowest BCUT2D eigenvalue weighted by Gasteiger charge is -2.11. The molecule has 21 heavy (non-hydrogen) atoms. The number of fused-ring (bicyclic) bond motifs is 1. The molecule has 0 unspecified atom stereocenters. The number of carbonyl (C=O) groups is 1. The Balaban J connectivity index is 1.98. The lowest BCUT2D eigenvalue weighted by atomic mass is 9.95. The first-order chi connectivity index (χ1) is 10.3. The smallest absolute Gasteiger partial charge is 0.208 e. The maximum absolute atomic E-state index is 12.8. The first kappa shape index (κ1) is 14.5. The van der Waals surface area contributed by atoms with E-state index in [9.17, 15) is 4.79 Å². The highest BCUT2D eigenvalue weighted by Crippen LogP contribution is 2.26. The Bertz CT molecular complexity index is 705. The van der Waals surface area contributed by atoms with Crippen LogP contribution in [0.3, 0.4) is 0 Å². The van der Waals surface area contributed by atoms with E-state index in [1.165, 1.54) is 19.3 Å². The molecule has 1 aliphatic rings. The van der Waals surface area contributed by atoms with Gasteiger partial charge >= 0.3 is 0 Å². The minimum Gasteiger partial charge on any atom is -0.287 e. The van der Waals surface area contributed by atoms with E-state index in [0.29, 0.717) is 5.69 Å². The molecule has 1 aromatic heterocycles. The van der Waals surface area contributed by atoms with Crippen LogP contribution < -0.4 is 0 Å². The molecule has 1 heterocycles. The van der Waals surface area contributed by atoms with Gasteiger partial charge in [-0.05, 0) is 59.3 Å². The molecule has 0 saturated heterocycles. The Morgan fingerprint density at radius 2 is 1.90 bits per heavy atom. The van der Waals surface area contributed by atoms with Crippen LogP contribution in [0.1, 0.15) is 49.0 Å². The molecule has 2 aromatic rings. The highest BCUT2D eigenvalue weighted by Gasteiger charge is 2.18. The average Bonchev–Trinajstić information content (AvgIpc) is 2.45. The molecule has 108 valence electrons. The van der Waals surface area contributed by atoms with Crippen molar-refractivity contribution in [2.75, 3.05) is 0 Å². The molecule has 0 atom stereocenters. The molecule has 0 N–H and O–H groups in total. The third kappa shape index (κ3) is 3.24. The quantitative estimate of drug-likeness (QED) is 0.677. The fraction of sp³-hybridized carbons (Fsp3) is 0.333. The summed E-state index contributed by atoms with van der Waals surface area (Å²) in [6, 6.07) is 9.88. The summed E-state index contributed by atoms with van der Waals surface area (Å²) < 4.78 is 0.786. The summed E-state index contributed by atoms with van der Waals surface area (Å²) in [5.41, 5.74) is 2.34. The fourth-order valence-electron chi connectivity index (χ4n) is 2.80. The van der Waals surface area contributed by atoms with Gasteiger partial charge < -0.3 is 0 Å². The third-order valence-corrected chi connectivity index (χ3v) is 4.58. The number of hydrogen-bond donors (Lipinski definition) is 0. The van der Waals surface area contributed by atoms with Crippen molar-refractivity contribution in [2.24, 2.45) is 0 Å². The number of rotatable bonds is 2. The zero-order chi connectivity index (χ0) is 14.7. The minimum atomic E-state index is 0.0783. The average molecular weight is 344 g/mol. The molecule has 0 amide bonds. The number of para-hydroxylation sites is 1. The highest BCUT2D eigenvalue weighted by molar-refractivity contribution is 9.10. The van der Waals surface area contributed by atoms with Gasteiger partial charge in [0, 0.05) is 9.86 Å². The maximum Gasteiger partial charge on any atom is 0.208 e. The van der Waals surface area contributed by atoms with Crippen LogP contribution in [0.4, 0.5) is 0 Å². The number of benzene rings is 1. The highest BCUT2D eigenvalue weighted by atomic mass is 79.9. The molecular weight excluding hydrogens is 326 g/mol. The third-order valence-electron chi connectivity index (χ3n) is 3.98. The van der Waals surface area contributed by atoms with E-state index in [0.717, 1.165) is 40.2 Å². The molecule has 2 nitrogen and oxygen atoms in total. The van der Waals surface area contributed by atoms with Gasteiger partial charge in [0.1, 0.15) is 5.69 Å². The number of hydrogen-bond acceptors (Lipinski definition) is 2. The van der Waals surface area contributed by atoms with Gasteiger partial charge in [-0.25, -0.2) is 4.98 Å². The van der Waals surface area contributed by atoms with E-state index in [-0.39, 0.29) is 5.78 Å². The van der Waals surface area contributed by atoms with Crippen LogP contribution in [-0.4, -0.2) is 10.8 Å². The number of carbonyl (C=O) groups excluding carboxylic acids is 1. The second-order valence-corrected chi connectivity index (χ2v) is 6.38. The van der Waals surface area contributed by atoms with E-state index in [1.54, 1.807) is 0 Å². The van der Waals surface area contributed by atoms with E-state index < -0.39 is 0 Å². The van der Waals surface area contributed by atoms with E-state index in [2.05, 4.69) is 27.0 Å². The number of aromatic nitrogens is 1. The van der Waals surface area contributed by atoms with Crippen LogP contribution in [0.15, 0.2) is 46.5 Å². The van der Waals surface area contributed by atoms with Crippen LogP contribution in [0, 0.1) is 0 Å². The van der Waals surface area contributed by atoms with Crippen LogP contribution in [0.5, 0.6) is 0 Å². The predicted molar refractivity (Wildman–Crippen MR) is 89.6 cm³/mol. The fourth-order valence-corrected chi connectivity index (χ4v) is 3.31. The molecule has 3 rings (SSSR count). The van der Waals surface area contributed by atoms with Crippen LogP contribution >= 0.6 is 15.9 Å². The first-order valence-electron chi connectivity index (χ1n) is 7.55. The zero-order valence-electron chi connectivity index (χ0n) is 11.9. The molecule has 0 spiro atoms. The standard InChI is InChI=1S/C18H18BrNO/c19-15-12-14-10-6-7-11-16(14)20-17(15)18(21)13-8-4-2-1-3-5-9-13/h6-8,10-12H,1-5,9H2/b13-8+. The van der Waals surface area contributed by atoms with Gasteiger partial charge in [-0.2, -0.15) is 0 Å². The number of nitrogens with zero attached hydrogens (tertiary/aromatic N) is 1. The second-order valence-electron chi connectivity index (χ2n) is 5.52. The second kappa shape index (κ2) is 6.52. The van der Waals surface area contributed by atoms with Gasteiger partial charge in [-0.1, -0.05) is 37.1 Å². The van der Waals surface area contributed by atoms with Gasteiger partial charge in [-0.15, -0.1) is 0 Å². The van der Waals surface area contributed by atoms with Gasteiger partial charge in [0.15, 0.2) is 0 Å². The largest absolute Gasteiger partial charge is 0.287 e. The molecule has 0 fully saturated rings. The lowest BCUT2D eigenvalue weighted by molar-refractivity contribution is 0.102. The first-order valence-corrected chi connectivity index (χ1v) is 8.34. The van der Waals surface area contributed by atoms with Crippen LogP contribution in [-0.2, 0) is 0 Å². The topological polar surface area (TPSA) is 30.0 Å². The summed E-state index contributed by atoms with van der Waals surface area (Å²) in [4.78, 5) is 17.3. The Labute approximate surface area is 133 Å². The van der Waals surface area contributed by atoms with Crippen molar-refractivity contribution >= 4 is 32.6 Å². The Hall–Kier alpha value is -1.48. The summed E-state index contributed by atoms with van der Waals surface area (Å²) in [5.74, 6) is 0.0783. The Kier molecular flexibility index (Phi) is 4.49. The molecule has 1 aromatic carbocycles. The zero-order valence-corrected chi connectivity index (χ0v) is 13.5. The summed E-state index contributed by atoms with van der Waals surface area (Å²) in [7, 11) is 0. The van der Waals surface area contributed by atoms with Gasteiger partial charge in [0.2, 0.25) is 5.78 Å². The van der Waals surface area contributed by atoms with Crippen molar-refractivity contribution < 1.29 is 4.79 Å². The van der Waals surface area contributed by atoms with E-state index in [1.807, 2.05) is 30.3 Å². The maximum atomic E-state index is 12.8. The molecule has 0 bridgehead atoms. The van der Waals surface area contributed by atoms with Crippen LogP contribution in [0.2, 0.25) is 0 Å². The Morgan fingerprint density at radius 3 is 2.81 bits per heavy atom. The van der Waals surface area contributed by atoms with Gasteiger partial charge in [-0.3, -0.25) is 4.79 Å². The van der Waals surface area contributed by atoms with Gasteiger partial charge in [0.25, 0.3) is 0 Å². The molecule has 0 saturated carbocycles. The predicted octanol–water partition coefficient (Wildman–Crippen LogP) is 5.46. The number of allylic oxidation sites excluding steroid dienone is 2. The number of ketones is 1. The molecule has 0 aliphatic heterocycles. The number of pyridine rings is 1. The Morgan fingerprint density at radius 1 is 1.10 bits per heavy atom. The van der Waals surface area contributed by atoms with E-state index in [4.69, 9.17) is 0 Å². The molecular formula is C18H18BrNO. The monoisotopic (exact) mass is 343 g/mol. The van der Waals surface area contributed by atoms with Crippen LogP contribution in [0.25, 0.3) is 10.9 Å². The van der Waals surface area contributed by atoms with Crippen molar-refractivity contribution in [1.29, 1.82) is 0 Å². The van der Waals surface area contributed by atoms with Crippen molar-refractivity contribution in [2.45, 2.75) is 38.5 Å². The normalized spacial score (nSPS) is 18.6.